The van der Waals surface area contributed by atoms with Crippen molar-refractivity contribution < 1.29 is 4.79 Å². The van der Waals surface area contributed by atoms with Gasteiger partial charge in [-0.05, 0) is 63.3 Å². The zero-order valence-electron chi connectivity index (χ0n) is 14.4. The first-order valence-electron chi connectivity index (χ1n) is 9.65. The number of carbonyl (C=O) groups is 1. The second kappa shape index (κ2) is 9.20. The van der Waals surface area contributed by atoms with Gasteiger partial charge in [-0.3, -0.25) is 10.1 Å². The van der Waals surface area contributed by atoms with E-state index in [4.69, 9.17) is 11.6 Å². The predicted octanol–water partition coefficient (Wildman–Crippen LogP) is 3.34. The second-order valence-electron chi connectivity index (χ2n) is 7.93. The normalized spacial score (nSPS) is 40.9. The number of amides is 1. The molecule has 0 aromatic carbocycles. The van der Waals surface area contributed by atoms with Crippen molar-refractivity contribution in [2.75, 3.05) is 13.1 Å². The standard InChI is InChI=1S/C18H31BrClN3O/c19-16-6-5-14(11-21-16)18(24)23-17-7-4-13(10-22-17)8-12-2-1-3-15(20)9-12/h12-17,21-22H,1-11H2,(H,23,24). The third-order valence-electron chi connectivity index (χ3n) is 5.94. The zero-order chi connectivity index (χ0) is 16.9. The Morgan fingerprint density at radius 2 is 1.92 bits per heavy atom. The molecule has 0 bridgehead atoms. The Kier molecular flexibility index (Phi) is 7.26. The van der Waals surface area contributed by atoms with Crippen molar-refractivity contribution in [1.82, 2.24) is 16.0 Å². The first kappa shape index (κ1) is 18.9. The minimum atomic E-state index is 0.112. The van der Waals surface area contributed by atoms with E-state index in [1.807, 2.05) is 0 Å². The lowest BCUT2D eigenvalue weighted by molar-refractivity contribution is -0.126. The van der Waals surface area contributed by atoms with Crippen molar-refractivity contribution in [2.45, 2.75) is 74.3 Å². The molecule has 0 aromatic heterocycles. The maximum Gasteiger partial charge on any atom is 0.225 e. The van der Waals surface area contributed by atoms with Gasteiger partial charge in [0.15, 0.2) is 0 Å². The summed E-state index contributed by atoms with van der Waals surface area (Å²) >= 11 is 9.87. The summed E-state index contributed by atoms with van der Waals surface area (Å²) in [7, 11) is 0. The molecule has 1 aliphatic carbocycles. The molecule has 4 nitrogen and oxygen atoms in total. The quantitative estimate of drug-likeness (QED) is 0.483. The van der Waals surface area contributed by atoms with Gasteiger partial charge in [0, 0.05) is 11.9 Å². The molecule has 6 atom stereocenters. The Labute approximate surface area is 159 Å². The molecule has 0 radical (unpaired) electrons. The number of alkyl halides is 2. The van der Waals surface area contributed by atoms with Crippen LogP contribution in [0.1, 0.15) is 57.8 Å². The van der Waals surface area contributed by atoms with Gasteiger partial charge in [-0.25, -0.2) is 0 Å². The second-order valence-corrected chi connectivity index (χ2v) is 9.65. The summed E-state index contributed by atoms with van der Waals surface area (Å²) in [6.07, 6.45) is 10.7. The molecule has 0 aromatic rings. The molecule has 3 rings (SSSR count). The van der Waals surface area contributed by atoms with Gasteiger partial charge in [0.2, 0.25) is 5.91 Å². The van der Waals surface area contributed by atoms with Crippen LogP contribution in [0.5, 0.6) is 0 Å². The van der Waals surface area contributed by atoms with Crippen molar-refractivity contribution in [3.05, 3.63) is 0 Å². The molecule has 2 aliphatic heterocycles. The van der Waals surface area contributed by atoms with Gasteiger partial charge in [0.05, 0.1) is 17.0 Å². The fourth-order valence-corrected chi connectivity index (χ4v) is 5.34. The van der Waals surface area contributed by atoms with Gasteiger partial charge in [-0.2, -0.15) is 0 Å². The molecule has 0 spiro atoms. The summed E-state index contributed by atoms with van der Waals surface area (Å²) in [5.74, 6) is 1.87. The third-order valence-corrected chi connectivity index (χ3v) is 7.12. The average molecular weight is 421 g/mol. The average Bonchev–Trinajstić information content (AvgIpc) is 2.57. The van der Waals surface area contributed by atoms with Crippen molar-refractivity contribution >= 4 is 33.4 Å². The Hall–Kier alpha value is 0.160. The topological polar surface area (TPSA) is 53.2 Å². The van der Waals surface area contributed by atoms with Gasteiger partial charge >= 0.3 is 0 Å². The Morgan fingerprint density at radius 1 is 1.04 bits per heavy atom. The van der Waals surface area contributed by atoms with Gasteiger partial charge in [-0.15, -0.1) is 11.6 Å². The van der Waals surface area contributed by atoms with Crippen LogP contribution in [0.15, 0.2) is 0 Å². The van der Waals surface area contributed by atoms with Gasteiger partial charge < -0.3 is 10.6 Å². The minimum absolute atomic E-state index is 0.112. The van der Waals surface area contributed by atoms with Crippen LogP contribution < -0.4 is 16.0 Å². The third kappa shape index (κ3) is 5.58. The highest BCUT2D eigenvalue weighted by atomic mass is 79.9. The van der Waals surface area contributed by atoms with Gasteiger partial charge in [0.25, 0.3) is 0 Å². The van der Waals surface area contributed by atoms with Crippen LogP contribution in [0.3, 0.4) is 0 Å². The molecule has 6 unspecified atom stereocenters. The van der Waals surface area contributed by atoms with E-state index in [-0.39, 0.29) is 18.0 Å². The summed E-state index contributed by atoms with van der Waals surface area (Å²) in [6, 6.07) is 0. The maximum atomic E-state index is 12.4. The molecule has 1 saturated carbocycles. The summed E-state index contributed by atoms with van der Waals surface area (Å²) < 4.78 is 0. The molecule has 2 saturated heterocycles. The smallest absolute Gasteiger partial charge is 0.225 e. The zero-order valence-corrected chi connectivity index (χ0v) is 16.7. The summed E-state index contributed by atoms with van der Waals surface area (Å²) in [5, 5.41) is 10.5. The van der Waals surface area contributed by atoms with Crippen molar-refractivity contribution in [1.29, 1.82) is 0 Å². The van der Waals surface area contributed by atoms with Crippen LogP contribution in [0.4, 0.5) is 0 Å². The fourth-order valence-electron chi connectivity index (χ4n) is 4.49. The van der Waals surface area contributed by atoms with E-state index in [1.54, 1.807) is 0 Å². The predicted molar refractivity (Wildman–Crippen MR) is 102 cm³/mol. The van der Waals surface area contributed by atoms with Gasteiger partial charge in [0.1, 0.15) is 0 Å². The highest BCUT2D eigenvalue weighted by Gasteiger charge is 2.29. The maximum absolute atomic E-state index is 12.4. The van der Waals surface area contributed by atoms with E-state index in [0.29, 0.717) is 10.3 Å². The fraction of sp³-hybridized carbons (Fsp3) is 0.944. The number of carbonyl (C=O) groups excluding carboxylic acids is 1. The van der Waals surface area contributed by atoms with Crippen molar-refractivity contribution in [2.24, 2.45) is 17.8 Å². The molecule has 2 heterocycles. The van der Waals surface area contributed by atoms with E-state index in [1.165, 1.54) is 38.5 Å². The molecular weight excluding hydrogens is 390 g/mol. The van der Waals surface area contributed by atoms with Crippen molar-refractivity contribution in [3.63, 3.8) is 0 Å². The Balaban J connectivity index is 1.35. The van der Waals surface area contributed by atoms with Crippen LogP contribution in [0.2, 0.25) is 0 Å². The van der Waals surface area contributed by atoms with E-state index >= 15 is 0 Å². The van der Waals surface area contributed by atoms with E-state index in [0.717, 1.165) is 44.2 Å². The molecule has 24 heavy (non-hydrogen) atoms. The van der Waals surface area contributed by atoms with E-state index < -0.39 is 0 Å². The Bertz CT molecular complexity index is 409. The summed E-state index contributed by atoms with van der Waals surface area (Å²) in [6.45, 7) is 1.80. The van der Waals surface area contributed by atoms with Crippen molar-refractivity contribution in [3.8, 4) is 0 Å². The van der Waals surface area contributed by atoms with Gasteiger partial charge in [-0.1, -0.05) is 28.8 Å². The van der Waals surface area contributed by atoms with Crippen LogP contribution in [-0.4, -0.2) is 35.5 Å². The van der Waals surface area contributed by atoms with E-state index in [2.05, 4.69) is 31.9 Å². The lowest BCUT2D eigenvalue weighted by Gasteiger charge is -2.35. The largest absolute Gasteiger partial charge is 0.340 e. The minimum Gasteiger partial charge on any atom is -0.340 e. The monoisotopic (exact) mass is 419 g/mol. The number of nitrogens with one attached hydrogen (secondary N) is 3. The lowest BCUT2D eigenvalue weighted by atomic mass is 9.80. The molecule has 1 amide bonds. The Morgan fingerprint density at radius 3 is 2.58 bits per heavy atom. The highest BCUT2D eigenvalue weighted by molar-refractivity contribution is 9.09. The molecule has 6 heteroatoms. The molecule has 138 valence electrons. The van der Waals surface area contributed by atoms with E-state index in [9.17, 15) is 4.79 Å². The van der Waals surface area contributed by atoms with Crippen LogP contribution >= 0.6 is 27.5 Å². The molecule has 3 N–H and O–H groups in total. The van der Waals surface area contributed by atoms with Crippen LogP contribution in [0, 0.1) is 17.8 Å². The number of hydrogen-bond acceptors (Lipinski definition) is 3. The number of halogens is 2. The number of rotatable bonds is 4. The lowest BCUT2D eigenvalue weighted by Crippen LogP contribution is -2.53. The molecular formula is C18H31BrClN3O. The molecule has 3 aliphatic rings. The molecule has 3 fully saturated rings. The van der Waals surface area contributed by atoms with Crippen LogP contribution in [0.25, 0.3) is 0 Å². The number of hydrogen-bond donors (Lipinski definition) is 3. The first-order valence-corrected chi connectivity index (χ1v) is 11.0. The first-order chi connectivity index (χ1) is 11.6. The number of piperidine rings is 2. The summed E-state index contributed by atoms with van der Waals surface area (Å²) in [5.41, 5.74) is 0. The SMILES string of the molecule is O=C(NC1CCC(CC2CCCC(Cl)C2)CN1)C1CCC(Br)NC1. The van der Waals surface area contributed by atoms with Crippen LogP contribution in [-0.2, 0) is 4.79 Å². The summed E-state index contributed by atoms with van der Waals surface area (Å²) in [4.78, 5) is 12.7. The highest BCUT2D eigenvalue weighted by Crippen LogP contribution is 2.33.